The number of carbonyl (C=O) groups excluding carboxylic acids is 2. The van der Waals surface area contributed by atoms with Gasteiger partial charge in [-0.1, -0.05) is 23.7 Å². The Kier molecular flexibility index (Phi) is 6.77. The topological polar surface area (TPSA) is 105 Å². The highest BCUT2D eigenvalue weighted by Crippen LogP contribution is 2.21. The minimum Gasteiger partial charge on any atom is -0.456 e. The number of esters is 1. The molecule has 1 amide bonds. The SMILES string of the molecule is N#CCCN(C(=O)COC(=O)CC1C=CS(=O)(=O)C1)c1cccc(Cl)c1. The average molecular weight is 397 g/mol. The van der Waals surface area contributed by atoms with Crippen LogP contribution >= 0.6 is 11.6 Å². The normalized spacial score (nSPS) is 17.5. The molecule has 0 saturated heterocycles. The Bertz CT molecular complexity index is 860. The van der Waals surface area contributed by atoms with Gasteiger partial charge in [0.1, 0.15) is 0 Å². The molecule has 1 aliphatic rings. The number of ether oxygens (including phenoxy) is 1. The van der Waals surface area contributed by atoms with E-state index in [0.717, 1.165) is 5.41 Å². The molecule has 0 saturated carbocycles. The molecule has 26 heavy (non-hydrogen) atoms. The third kappa shape index (κ3) is 5.86. The van der Waals surface area contributed by atoms with Gasteiger partial charge in [-0.3, -0.25) is 9.59 Å². The quantitative estimate of drug-likeness (QED) is 0.653. The van der Waals surface area contributed by atoms with Gasteiger partial charge >= 0.3 is 5.97 Å². The van der Waals surface area contributed by atoms with E-state index in [9.17, 15) is 18.0 Å². The highest BCUT2D eigenvalue weighted by Gasteiger charge is 2.25. The molecule has 1 heterocycles. The number of rotatable bonds is 7. The van der Waals surface area contributed by atoms with Crippen LogP contribution < -0.4 is 4.90 Å². The lowest BCUT2D eigenvalue weighted by molar-refractivity contribution is -0.148. The largest absolute Gasteiger partial charge is 0.456 e. The lowest BCUT2D eigenvalue weighted by Gasteiger charge is -2.22. The Labute approximate surface area is 156 Å². The fourth-order valence-electron chi connectivity index (χ4n) is 2.46. The number of hydrogen-bond acceptors (Lipinski definition) is 6. The first-order chi connectivity index (χ1) is 12.3. The summed E-state index contributed by atoms with van der Waals surface area (Å²) in [6, 6.07) is 8.52. The van der Waals surface area contributed by atoms with Crippen LogP contribution in [-0.4, -0.2) is 39.2 Å². The van der Waals surface area contributed by atoms with Crippen molar-refractivity contribution in [2.24, 2.45) is 5.92 Å². The van der Waals surface area contributed by atoms with Gasteiger partial charge in [-0.05, 0) is 18.2 Å². The van der Waals surface area contributed by atoms with E-state index in [4.69, 9.17) is 21.6 Å². The van der Waals surface area contributed by atoms with Gasteiger partial charge in [-0.25, -0.2) is 8.42 Å². The molecule has 0 radical (unpaired) electrons. The van der Waals surface area contributed by atoms with Gasteiger partial charge in [0.05, 0.1) is 24.7 Å². The second-order valence-electron chi connectivity index (χ2n) is 5.72. The van der Waals surface area contributed by atoms with Crippen molar-refractivity contribution in [3.63, 3.8) is 0 Å². The van der Waals surface area contributed by atoms with Crippen LogP contribution in [0, 0.1) is 17.2 Å². The van der Waals surface area contributed by atoms with E-state index >= 15 is 0 Å². The standard InChI is InChI=1S/C17H17ClN2O5S/c18-14-3-1-4-15(10-14)20(7-2-6-19)16(21)11-25-17(22)9-13-5-8-26(23,24)12-13/h1,3-5,8,10,13H,2,7,9,11-12H2. The second kappa shape index (κ2) is 8.83. The van der Waals surface area contributed by atoms with E-state index in [0.29, 0.717) is 10.7 Å². The number of benzene rings is 1. The molecule has 9 heteroatoms. The predicted octanol–water partition coefficient (Wildman–Crippen LogP) is 2.08. The minimum absolute atomic E-state index is 0.108. The van der Waals surface area contributed by atoms with Gasteiger partial charge in [-0.15, -0.1) is 0 Å². The van der Waals surface area contributed by atoms with Crippen molar-refractivity contribution in [2.45, 2.75) is 12.8 Å². The van der Waals surface area contributed by atoms with Crippen molar-refractivity contribution in [2.75, 3.05) is 23.8 Å². The minimum atomic E-state index is -3.24. The molecule has 0 aromatic heterocycles. The summed E-state index contributed by atoms with van der Waals surface area (Å²) >= 11 is 5.93. The average Bonchev–Trinajstić information content (AvgIpc) is 2.92. The van der Waals surface area contributed by atoms with E-state index in [1.807, 2.05) is 6.07 Å². The molecule has 1 unspecified atom stereocenters. The lowest BCUT2D eigenvalue weighted by atomic mass is 10.1. The number of nitriles is 1. The molecule has 7 nitrogen and oxygen atoms in total. The van der Waals surface area contributed by atoms with Crippen LogP contribution in [0.1, 0.15) is 12.8 Å². The highest BCUT2D eigenvalue weighted by molar-refractivity contribution is 7.94. The molecular formula is C17H17ClN2O5S. The molecule has 2 rings (SSSR count). The molecule has 1 aromatic rings. The Morgan fingerprint density at radius 2 is 2.15 bits per heavy atom. The summed E-state index contributed by atoms with van der Waals surface area (Å²) in [5, 5.41) is 10.3. The zero-order valence-electron chi connectivity index (χ0n) is 13.8. The monoisotopic (exact) mass is 396 g/mol. The van der Waals surface area contributed by atoms with Crippen LogP contribution in [0.4, 0.5) is 5.69 Å². The Morgan fingerprint density at radius 1 is 1.38 bits per heavy atom. The maximum absolute atomic E-state index is 12.4. The number of amides is 1. The number of hydrogen-bond donors (Lipinski definition) is 0. The molecule has 138 valence electrons. The summed E-state index contributed by atoms with van der Waals surface area (Å²) in [7, 11) is -3.24. The summed E-state index contributed by atoms with van der Waals surface area (Å²) in [5.41, 5.74) is 0.499. The number of allylic oxidation sites excluding steroid dienone is 1. The van der Waals surface area contributed by atoms with Gasteiger partial charge in [0.15, 0.2) is 16.4 Å². The van der Waals surface area contributed by atoms with Crippen molar-refractivity contribution >= 4 is 39.0 Å². The summed E-state index contributed by atoms with van der Waals surface area (Å²) in [4.78, 5) is 25.6. The lowest BCUT2D eigenvalue weighted by Crippen LogP contribution is -2.35. The highest BCUT2D eigenvalue weighted by atomic mass is 35.5. The Balaban J connectivity index is 1.93. The zero-order valence-corrected chi connectivity index (χ0v) is 15.4. The molecule has 1 atom stereocenters. The summed E-state index contributed by atoms with van der Waals surface area (Å²) < 4.78 is 27.6. The first kappa shape index (κ1) is 19.9. The number of sulfone groups is 1. The van der Waals surface area contributed by atoms with Crippen LogP contribution in [0.3, 0.4) is 0 Å². The predicted molar refractivity (Wildman–Crippen MR) is 96.0 cm³/mol. The van der Waals surface area contributed by atoms with Crippen LogP contribution in [0.2, 0.25) is 5.02 Å². The molecule has 1 aromatic carbocycles. The molecule has 0 aliphatic carbocycles. The van der Waals surface area contributed by atoms with Gasteiger partial charge in [0, 0.05) is 28.6 Å². The number of anilines is 1. The first-order valence-electron chi connectivity index (χ1n) is 7.80. The van der Waals surface area contributed by atoms with Crippen LogP contribution in [0.25, 0.3) is 0 Å². The van der Waals surface area contributed by atoms with Crippen molar-refractivity contribution in [3.05, 3.63) is 40.8 Å². The first-order valence-corrected chi connectivity index (χ1v) is 9.89. The zero-order chi connectivity index (χ0) is 19.2. The molecular weight excluding hydrogens is 380 g/mol. The van der Waals surface area contributed by atoms with Crippen molar-refractivity contribution in [3.8, 4) is 6.07 Å². The fraction of sp³-hybridized carbons (Fsp3) is 0.353. The van der Waals surface area contributed by atoms with Gasteiger partial charge in [-0.2, -0.15) is 5.26 Å². The second-order valence-corrected chi connectivity index (χ2v) is 8.08. The maximum Gasteiger partial charge on any atom is 0.306 e. The summed E-state index contributed by atoms with van der Waals surface area (Å²) in [6.45, 7) is -0.364. The van der Waals surface area contributed by atoms with Crippen molar-refractivity contribution in [1.29, 1.82) is 5.26 Å². The number of nitrogens with zero attached hydrogens (tertiary/aromatic N) is 2. The molecule has 0 N–H and O–H groups in total. The number of halogens is 1. The summed E-state index contributed by atoms with van der Waals surface area (Å²) in [6.07, 6.45) is 1.44. The van der Waals surface area contributed by atoms with E-state index in [1.165, 1.54) is 11.0 Å². The maximum atomic E-state index is 12.4. The van der Waals surface area contributed by atoms with E-state index in [-0.39, 0.29) is 25.1 Å². The van der Waals surface area contributed by atoms with E-state index in [1.54, 1.807) is 24.3 Å². The van der Waals surface area contributed by atoms with Crippen molar-refractivity contribution < 1.29 is 22.7 Å². The third-order valence-corrected chi connectivity index (χ3v) is 5.36. The van der Waals surface area contributed by atoms with Crippen molar-refractivity contribution in [1.82, 2.24) is 0 Å². The van der Waals surface area contributed by atoms with Crippen LogP contribution in [-0.2, 0) is 24.2 Å². The molecule has 0 fully saturated rings. The van der Waals surface area contributed by atoms with Gasteiger partial charge < -0.3 is 9.64 Å². The Hall–Kier alpha value is -2.37. The fourth-order valence-corrected chi connectivity index (χ4v) is 4.05. The molecule has 1 aliphatic heterocycles. The van der Waals surface area contributed by atoms with Crippen LogP contribution in [0.15, 0.2) is 35.7 Å². The van der Waals surface area contributed by atoms with Gasteiger partial charge in [0.25, 0.3) is 5.91 Å². The Morgan fingerprint density at radius 3 is 2.77 bits per heavy atom. The number of carbonyl (C=O) groups is 2. The third-order valence-electron chi connectivity index (χ3n) is 3.66. The van der Waals surface area contributed by atoms with Crippen LogP contribution in [0.5, 0.6) is 0 Å². The van der Waals surface area contributed by atoms with E-state index in [2.05, 4.69) is 0 Å². The van der Waals surface area contributed by atoms with E-state index < -0.39 is 34.2 Å². The smallest absolute Gasteiger partial charge is 0.306 e. The molecule has 0 spiro atoms. The molecule has 0 bridgehead atoms. The van der Waals surface area contributed by atoms with Gasteiger partial charge in [0.2, 0.25) is 0 Å². The summed E-state index contributed by atoms with van der Waals surface area (Å²) in [5.74, 6) is -1.72.